The highest BCUT2D eigenvalue weighted by Crippen LogP contribution is 2.25. The van der Waals surface area contributed by atoms with Crippen LogP contribution in [0.3, 0.4) is 0 Å². The van der Waals surface area contributed by atoms with Crippen LogP contribution < -0.4 is 4.80 Å². The standard InChI is InChI=1S/C22H18N2O2S/c1-2-26-22(25)24-20(15-27-21(24)23-19-10-4-3-5-11-19)18-13-12-16-8-6-7-9-17(16)14-18/h3-15H,2H2,1H3. The first-order valence-electron chi connectivity index (χ1n) is 8.73. The quantitative estimate of drug-likeness (QED) is 0.468. The van der Waals surface area contributed by atoms with Crippen LogP contribution in [0.2, 0.25) is 0 Å². The Balaban J connectivity index is 1.89. The number of rotatable bonds is 3. The van der Waals surface area contributed by atoms with Gasteiger partial charge in [0.05, 0.1) is 18.0 Å². The Kier molecular flexibility index (Phi) is 4.85. The number of aromatic nitrogens is 1. The van der Waals surface area contributed by atoms with Gasteiger partial charge in [-0.3, -0.25) is 0 Å². The second kappa shape index (κ2) is 7.60. The fourth-order valence-corrected chi connectivity index (χ4v) is 3.81. The zero-order valence-electron chi connectivity index (χ0n) is 14.8. The van der Waals surface area contributed by atoms with Crippen molar-refractivity contribution in [1.82, 2.24) is 4.57 Å². The summed E-state index contributed by atoms with van der Waals surface area (Å²) in [6.45, 7) is 2.11. The van der Waals surface area contributed by atoms with Gasteiger partial charge in [-0.2, -0.15) is 0 Å². The number of hydrogen-bond acceptors (Lipinski definition) is 4. The van der Waals surface area contributed by atoms with Crippen molar-refractivity contribution < 1.29 is 9.53 Å². The van der Waals surface area contributed by atoms with Crippen molar-refractivity contribution in [2.24, 2.45) is 4.99 Å². The highest BCUT2D eigenvalue weighted by Gasteiger charge is 2.16. The van der Waals surface area contributed by atoms with E-state index in [1.165, 1.54) is 11.3 Å². The Morgan fingerprint density at radius 3 is 2.52 bits per heavy atom. The van der Waals surface area contributed by atoms with E-state index in [4.69, 9.17) is 4.74 Å². The van der Waals surface area contributed by atoms with Crippen LogP contribution in [0.5, 0.6) is 0 Å². The van der Waals surface area contributed by atoms with E-state index in [1.807, 2.05) is 53.9 Å². The average molecular weight is 374 g/mol. The molecule has 1 heterocycles. The summed E-state index contributed by atoms with van der Waals surface area (Å²) >= 11 is 1.42. The van der Waals surface area contributed by atoms with Crippen LogP contribution in [0.25, 0.3) is 22.0 Å². The smallest absolute Gasteiger partial charge is 0.420 e. The first-order valence-corrected chi connectivity index (χ1v) is 9.61. The molecule has 0 saturated carbocycles. The number of para-hydroxylation sites is 1. The summed E-state index contributed by atoms with van der Waals surface area (Å²) in [6, 6.07) is 23.9. The van der Waals surface area contributed by atoms with E-state index < -0.39 is 6.09 Å². The minimum atomic E-state index is -0.420. The van der Waals surface area contributed by atoms with Crippen LogP contribution in [0.15, 0.2) is 83.2 Å². The van der Waals surface area contributed by atoms with Crippen molar-refractivity contribution in [3.05, 3.63) is 83.0 Å². The predicted octanol–water partition coefficient (Wildman–Crippen LogP) is 5.61. The van der Waals surface area contributed by atoms with Crippen LogP contribution in [0, 0.1) is 0 Å². The summed E-state index contributed by atoms with van der Waals surface area (Å²) in [7, 11) is 0. The van der Waals surface area contributed by atoms with E-state index >= 15 is 0 Å². The predicted molar refractivity (Wildman–Crippen MR) is 109 cm³/mol. The molecule has 0 aliphatic rings. The summed E-state index contributed by atoms with van der Waals surface area (Å²) in [5.41, 5.74) is 2.52. The lowest BCUT2D eigenvalue weighted by atomic mass is 10.1. The number of fused-ring (bicyclic) bond motifs is 1. The van der Waals surface area contributed by atoms with E-state index in [9.17, 15) is 4.79 Å². The van der Waals surface area contributed by atoms with E-state index in [1.54, 1.807) is 11.5 Å². The normalized spacial score (nSPS) is 11.7. The molecule has 4 rings (SSSR count). The average Bonchev–Trinajstić information content (AvgIpc) is 3.12. The van der Waals surface area contributed by atoms with Crippen molar-refractivity contribution in [3.8, 4) is 11.3 Å². The highest BCUT2D eigenvalue weighted by molar-refractivity contribution is 7.07. The Labute approximate surface area is 161 Å². The van der Waals surface area contributed by atoms with Gasteiger partial charge < -0.3 is 4.74 Å². The monoisotopic (exact) mass is 374 g/mol. The van der Waals surface area contributed by atoms with Gasteiger partial charge in [0.15, 0.2) is 4.80 Å². The fourth-order valence-electron chi connectivity index (χ4n) is 2.92. The van der Waals surface area contributed by atoms with Gasteiger partial charge in [-0.05, 0) is 35.9 Å². The number of thiazole rings is 1. The zero-order chi connectivity index (χ0) is 18.6. The fraction of sp³-hybridized carbons (Fsp3) is 0.0909. The molecule has 0 saturated heterocycles. The first-order chi connectivity index (χ1) is 13.3. The minimum Gasteiger partial charge on any atom is -0.449 e. The number of benzene rings is 3. The number of carbonyl (C=O) groups is 1. The van der Waals surface area contributed by atoms with Gasteiger partial charge in [-0.1, -0.05) is 54.6 Å². The van der Waals surface area contributed by atoms with Crippen LogP contribution >= 0.6 is 11.3 Å². The number of carbonyl (C=O) groups excluding carboxylic acids is 1. The third kappa shape index (κ3) is 3.55. The van der Waals surface area contributed by atoms with Gasteiger partial charge in [0.1, 0.15) is 0 Å². The molecule has 0 aliphatic carbocycles. The molecule has 5 heteroatoms. The molecule has 0 spiro atoms. The van der Waals surface area contributed by atoms with E-state index in [-0.39, 0.29) is 0 Å². The van der Waals surface area contributed by atoms with E-state index in [0.29, 0.717) is 11.4 Å². The number of nitrogens with zero attached hydrogens (tertiary/aromatic N) is 2. The minimum absolute atomic E-state index is 0.309. The molecule has 0 radical (unpaired) electrons. The molecule has 27 heavy (non-hydrogen) atoms. The molecule has 0 atom stereocenters. The lowest BCUT2D eigenvalue weighted by Gasteiger charge is -2.08. The maximum Gasteiger partial charge on any atom is 0.420 e. The summed E-state index contributed by atoms with van der Waals surface area (Å²) in [5.74, 6) is 0. The van der Waals surface area contributed by atoms with Gasteiger partial charge in [0, 0.05) is 10.9 Å². The molecule has 0 bridgehead atoms. The maximum absolute atomic E-state index is 12.7. The first kappa shape index (κ1) is 17.2. The molecule has 0 unspecified atom stereocenters. The molecule has 4 aromatic rings. The topological polar surface area (TPSA) is 43.6 Å². The second-order valence-electron chi connectivity index (χ2n) is 5.95. The van der Waals surface area contributed by atoms with Crippen molar-refractivity contribution in [2.45, 2.75) is 6.92 Å². The maximum atomic E-state index is 12.7. The molecule has 0 aliphatic heterocycles. The van der Waals surface area contributed by atoms with Crippen molar-refractivity contribution >= 4 is 33.9 Å². The molecule has 4 nitrogen and oxygen atoms in total. The van der Waals surface area contributed by atoms with Crippen molar-refractivity contribution in [1.29, 1.82) is 0 Å². The Hall–Kier alpha value is -3.18. The van der Waals surface area contributed by atoms with Gasteiger partial charge in [0.25, 0.3) is 0 Å². The number of hydrogen-bond donors (Lipinski definition) is 0. The summed E-state index contributed by atoms with van der Waals surface area (Å²) in [4.78, 5) is 17.9. The third-order valence-corrected chi connectivity index (χ3v) is 5.01. The molecule has 134 valence electrons. The van der Waals surface area contributed by atoms with Crippen LogP contribution in [0.4, 0.5) is 10.5 Å². The molecule has 0 amide bonds. The summed E-state index contributed by atoms with van der Waals surface area (Å²) < 4.78 is 6.83. The van der Waals surface area contributed by atoms with Crippen molar-refractivity contribution in [3.63, 3.8) is 0 Å². The van der Waals surface area contributed by atoms with Crippen molar-refractivity contribution in [2.75, 3.05) is 6.61 Å². The third-order valence-electron chi connectivity index (χ3n) is 4.18. The molecule has 0 N–H and O–H groups in total. The van der Waals surface area contributed by atoms with Crippen LogP contribution in [-0.4, -0.2) is 17.3 Å². The second-order valence-corrected chi connectivity index (χ2v) is 6.78. The Bertz CT molecular complexity index is 1160. The van der Waals surface area contributed by atoms with E-state index in [2.05, 4.69) is 29.3 Å². The molecule has 1 aromatic heterocycles. The molecular formula is C22H18N2O2S. The highest BCUT2D eigenvalue weighted by atomic mass is 32.1. The lowest BCUT2D eigenvalue weighted by Crippen LogP contribution is -2.25. The summed E-state index contributed by atoms with van der Waals surface area (Å²) in [5, 5.41) is 4.23. The Morgan fingerprint density at radius 1 is 1.00 bits per heavy atom. The van der Waals surface area contributed by atoms with Crippen LogP contribution in [0.1, 0.15) is 6.92 Å². The molecule has 3 aromatic carbocycles. The Morgan fingerprint density at radius 2 is 1.74 bits per heavy atom. The van der Waals surface area contributed by atoms with Gasteiger partial charge >= 0.3 is 6.09 Å². The summed E-state index contributed by atoms with van der Waals surface area (Å²) in [6.07, 6.45) is -0.420. The number of ether oxygens (including phenoxy) is 1. The van der Waals surface area contributed by atoms with Gasteiger partial charge in [-0.25, -0.2) is 14.4 Å². The van der Waals surface area contributed by atoms with E-state index in [0.717, 1.165) is 27.7 Å². The zero-order valence-corrected chi connectivity index (χ0v) is 15.6. The SMILES string of the molecule is CCOC(=O)n1c(-c2ccc3ccccc3c2)csc1=Nc1ccccc1. The van der Waals surface area contributed by atoms with Crippen LogP contribution in [-0.2, 0) is 4.74 Å². The lowest BCUT2D eigenvalue weighted by molar-refractivity contribution is 0.153. The van der Waals surface area contributed by atoms with Gasteiger partial charge in [-0.15, -0.1) is 11.3 Å². The van der Waals surface area contributed by atoms with Gasteiger partial charge in [0.2, 0.25) is 0 Å². The molecular weight excluding hydrogens is 356 g/mol. The largest absolute Gasteiger partial charge is 0.449 e. The molecule has 0 fully saturated rings.